The molecular formula is C19H21F3N4O2S2. The Kier molecular flexibility index (Phi) is 7.37. The fourth-order valence-corrected chi connectivity index (χ4v) is 4.75. The van der Waals surface area contributed by atoms with Crippen molar-refractivity contribution in [3.8, 4) is 0 Å². The third-order valence-electron chi connectivity index (χ3n) is 4.52. The van der Waals surface area contributed by atoms with Gasteiger partial charge in [-0.1, -0.05) is 23.9 Å². The lowest BCUT2D eigenvalue weighted by Gasteiger charge is -2.34. The zero-order chi connectivity index (χ0) is 21.7. The minimum Gasteiger partial charge on any atom is -0.339 e. The standard InChI is InChI=1S/C19H21F3N4O2S2/c1-13-11-29-18(23-13)30-12-17(28)26-8-6-25(7-9-26)10-16(27)24-15-5-3-2-4-14(15)19(20,21)22/h2-5,11H,6-10,12H2,1H3,(H,24,27). The predicted molar refractivity (Wildman–Crippen MR) is 111 cm³/mol. The van der Waals surface area contributed by atoms with E-state index in [0.717, 1.165) is 16.1 Å². The molecule has 30 heavy (non-hydrogen) atoms. The second-order valence-corrected chi connectivity index (χ2v) is 8.87. The van der Waals surface area contributed by atoms with Crippen LogP contribution in [-0.4, -0.2) is 65.1 Å². The number of benzene rings is 1. The van der Waals surface area contributed by atoms with Crippen molar-refractivity contribution >= 4 is 40.6 Å². The number of nitrogens with zero attached hydrogens (tertiary/aromatic N) is 3. The Bertz CT molecular complexity index is 896. The van der Waals surface area contributed by atoms with Gasteiger partial charge >= 0.3 is 6.18 Å². The molecule has 0 aliphatic carbocycles. The van der Waals surface area contributed by atoms with Crippen molar-refractivity contribution < 1.29 is 22.8 Å². The third-order valence-corrected chi connectivity index (χ3v) is 6.64. The van der Waals surface area contributed by atoms with Gasteiger partial charge in [0.1, 0.15) is 0 Å². The van der Waals surface area contributed by atoms with Crippen molar-refractivity contribution in [2.24, 2.45) is 0 Å². The van der Waals surface area contributed by atoms with E-state index in [1.54, 1.807) is 4.90 Å². The molecule has 1 saturated heterocycles. The number of aromatic nitrogens is 1. The quantitative estimate of drug-likeness (QED) is 0.673. The Hall–Kier alpha value is -2.11. The first-order chi connectivity index (χ1) is 14.2. The molecule has 2 heterocycles. The molecule has 162 valence electrons. The highest BCUT2D eigenvalue weighted by Gasteiger charge is 2.33. The first-order valence-electron chi connectivity index (χ1n) is 9.23. The van der Waals surface area contributed by atoms with Crippen LogP contribution < -0.4 is 5.32 Å². The first kappa shape index (κ1) is 22.6. The van der Waals surface area contributed by atoms with Crippen molar-refractivity contribution in [1.29, 1.82) is 0 Å². The molecule has 0 radical (unpaired) electrons. The van der Waals surface area contributed by atoms with Gasteiger partial charge in [0, 0.05) is 37.3 Å². The zero-order valence-electron chi connectivity index (χ0n) is 16.2. The normalized spacial score (nSPS) is 15.3. The highest BCUT2D eigenvalue weighted by atomic mass is 32.2. The number of hydrogen-bond acceptors (Lipinski definition) is 6. The van der Waals surface area contributed by atoms with Gasteiger partial charge in [-0.3, -0.25) is 14.5 Å². The highest BCUT2D eigenvalue weighted by molar-refractivity contribution is 8.01. The second kappa shape index (κ2) is 9.80. The molecule has 3 rings (SSSR count). The number of carbonyl (C=O) groups excluding carboxylic acids is 2. The van der Waals surface area contributed by atoms with Crippen LogP contribution in [0, 0.1) is 6.92 Å². The number of alkyl halides is 3. The largest absolute Gasteiger partial charge is 0.418 e. The number of aryl methyl sites for hydroxylation is 1. The number of amides is 2. The van der Waals surface area contributed by atoms with Gasteiger partial charge in [-0.05, 0) is 19.1 Å². The number of para-hydroxylation sites is 1. The Labute approximate surface area is 180 Å². The summed E-state index contributed by atoms with van der Waals surface area (Å²) in [7, 11) is 0. The Morgan fingerprint density at radius 1 is 1.20 bits per heavy atom. The van der Waals surface area contributed by atoms with E-state index in [9.17, 15) is 22.8 Å². The molecule has 0 unspecified atom stereocenters. The van der Waals surface area contributed by atoms with Gasteiger partial charge in [0.25, 0.3) is 0 Å². The summed E-state index contributed by atoms with van der Waals surface area (Å²) < 4.78 is 40.0. The Morgan fingerprint density at radius 3 is 2.53 bits per heavy atom. The smallest absolute Gasteiger partial charge is 0.339 e. The summed E-state index contributed by atoms with van der Waals surface area (Å²) in [6.07, 6.45) is -4.54. The maximum atomic E-state index is 13.0. The lowest BCUT2D eigenvalue weighted by atomic mass is 10.1. The molecule has 1 fully saturated rings. The maximum absolute atomic E-state index is 13.0. The summed E-state index contributed by atoms with van der Waals surface area (Å²) in [6.45, 7) is 3.80. The number of nitrogens with one attached hydrogen (secondary N) is 1. The minimum atomic E-state index is -4.54. The van der Waals surface area contributed by atoms with E-state index in [4.69, 9.17) is 0 Å². The van der Waals surface area contributed by atoms with Crippen LogP contribution in [-0.2, 0) is 15.8 Å². The second-order valence-electron chi connectivity index (χ2n) is 6.79. The van der Waals surface area contributed by atoms with Crippen molar-refractivity contribution in [3.05, 3.63) is 40.9 Å². The molecule has 1 aromatic carbocycles. The van der Waals surface area contributed by atoms with Crippen molar-refractivity contribution in [2.45, 2.75) is 17.4 Å². The summed E-state index contributed by atoms with van der Waals surface area (Å²) in [5.41, 5.74) is -0.195. The average molecular weight is 459 g/mol. The van der Waals surface area contributed by atoms with Gasteiger partial charge in [-0.25, -0.2) is 4.98 Å². The molecule has 0 bridgehead atoms. The summed E-state index contributed by atoms with van der Waals surface area (Å²) in [6, 6.07) is 4.90. The summed E-state index contributed by atoms with van der Waals surface area (Å²) in [5.74, 6) is -0.195. The fraction of sp³-hybridized carbons (Fsp3) is 0.421. The van der Waals surface area contributed by atoms with E-state index in [1.807, 2.05) is 17.2 Å². The minimum absolute atomic E-state index is 0.0102. The summed E-state index contributed by atoms with van der Waals surface area (Å²) >= 11 is 2.91. The Morgan fingerprint density at radius 2 is 1.90 bits per heavy atom. The SMILES string of the molecule is Cc1csc(SCC(=O)N2CCN(CC(=O)Nc3ccccc3C(F)(F)F)CC2)n1. The van der Waals surface area contributed by atoms with Gasteiger partial charge in [0.2, 0.25) is 11.8 Å². The Balaban J connectivity index is 1.44. The van der Waals surface area contributed by atoms with E-state index in [2.05, 4.69) is 10.3 Å². The number of thioether (sulfide) groups is 1. The average Bonchev–Trinajstić information content (AvgIpc) is 3.11. The molecule has 2 amide bonds. The van der Waals surface area contributed by atoms with Crippen LogP contribution in [0.1, 0.15) is 11.3 Å². The van der Waals surface area contributed by atoms with Crippen molar-refractivity contribution in [3.63, 3.8) is 0 Å². The van der Waals surface area contributed by atoms with Crippen LogP contribution in [0.15, 0.2) is 34.0 Å². The summed E-state index contributed by atoms with van der Waals surface area (Å²) in [4.78, 5) is 32.5. The van der Waals surface area contributed by atoms with Crippen LogP contribution in [0.3, 0.4) is 0 Å². The van der Waals surface area contributed by atoms with E-state index < -0.39 is 17.6 Å². The molecule has 1 aliphatic rings. The van der Waals surface area contributed by atoms with Gasteiger partial charge in [0.15, 0.2) is 4.34 Å². The third kappa shape index (κ3) is 6.19. The number of piperazine rings is 1. The number of hydrogen-bond donors (Lipinski definition) is 1. The molecular weight excluding hydrogens is 437 g/mol. The van der Waals surface area contributed by atoms with E-state index in [0.29, 0.717) is 31.9 Å². The lowest BCUT2D eigenvalue weighted by molar-refractivity contribution is -0.137. The van der Waals surface area contributed by atoms with Crippen LogP contribution in [0.25, 0.3) is 0 Å². The van der Waals surface area contributed by atoms with Crippen molar-refractivity contribution in [2.75, 3.05) is 43.8 Å². The zero-order valence-corrected chi connectivity index (χ0v) is 17.9. The molecule has 2 aromatic rings. The lowest BCUT2D eigenvalue weighted by Crippen LogP contribution is -2.50. The number of carbonyl (C=O) groups is 2. The van der Waals surface area contributed by atoms with Gasteiger partial charge in [-0.15, -0.1) is 11.3 Å². The molecule has 0 saturated carbocycles. The summed E-state index contributed by atoms with van der Waals surface area (Å²) in [5, 5.41) is 4.28. The van der Waals surface area contributed by atoms with Crippen LogP contribution >= 0.6 is 23.1 Å². The molecule has 0 spiro atoms. The van der Waals surface area contributed by atoms with Gasteiger partial charge in [-0.2, -0.15) is 13.2 Å². The molecule has 6 nitrogen and oxygen atoms in total. The number of thiazole rings is 1. The van der Waals surface area contributed by atoms with Gasteiger partial charge in [0.05, 0.1) is 23.5 Å². The molecule has 0 atom stereocenters. The fourth-order valence-electron chi connectivity index (χ4n) is 3.00. The van der Waals surface area contributed by atoms with Crippen LogP contribution in [0.4, 0.5) is 18.9 Å². The van der Waals surface area contributed by atoms with Crippen LogP contribution in [0.5, 0.6) is 0 Å². The molecule has 11 heteroatoms. The first-order valence-corrected chi connectivity index (χ1v) is 11.1. The number of rotatable bonds is 6. The maximum Gasteiger partial charge on any atom is 0.418 e. The monoisotopic (exact) mass is 458 g/mol. The van der Waals surface area contributed by atoms with Crippen molar-refractivity contribution in [1.82, 2.24) is 14.8 Å². The van der Waals surface area contributed by atoms with Gasteiger partial charge < -0.3 is 10.2 Å². The molecule has 1 aliphatic heterocycles. The van der Waals surface area contributed by atoms with E-state index in [1.165, 1.54) is 41.3 Å². The number of anilines is 1. The highest BCUT2D eigenvalue weighted by Crippen LogP contribution is 2.34. The number of halogens is 3. The van der Waals surface area contributed by atoms with E-state index >= 15 is 0 Å². The van der Waals surface area contributed by atoms with E-state index in [-0.39, 0.29) is 18.1 Å². The molecule has 1 N–H and O–H groups in total. The predicted octanol–water partition coefficient (Wildman–Crippen LogP) is 3.35. The molecule has 1 aromatic heterocycles. The van der Waals surface area contributed by atoms with Crippen LogP contribution in [0.2, 0.25) is 0 Å². The topological polar surface area (TPSA) is 65.5 Å².